The number of ether oxygens (including phenoxy) is 1. The minimum Gasteiger partial charge on any atom is -0.491 e. The molecular formula is C17H18N2O4. The number of carboxylic acids is 1. The predicted molar refractivity (Wildman–Crippen MR) is 86.1 cm³/mol. The van der Waals surface area contributed by atoms with Crippen molar-refractivity contribution < 1.29 is 19.4 Å². The zero-order valence-electron chi connectivity index (χ0n) is 13.2. The van der Waals surface area contributed by atoms with E-state index in [4.69, 9.17) is 9.84 Å². The summed E-state index contributed by atoms with van der Waals surface area (Å²) in [6.45, 7) is 5.70. The van der Waals surface area contributed by atoms with Gasteiger partial charge >= 0.3 is 5.97 Å². The first-order chi connectivity index (χ1) is 10.8. The van der Waals surface area contributed by atoms with Crippen LogP contribution >= 0.6 is 0 Å². The molecule has 2 rings (SSSR count). The number of aromatic nitrogens is 1. The number of aromatic carboxylic acids is 1. The Morgan fingerprint density at radius 1 is 1.17 bits per heavy atom. The van der Waals surface area contributed by atoms with Gasteiger partial charge in [0.2, 0.25) is 0 Å². The molecule has 0 atom stereocenters. The third-order valence-corrected chi connectivity index (χ3v) is 2.94. The van der Waals surface area contributed by atoms with Gasteiger partial charge in [0.05, 0.1) is 11.7 Å². The van der Waals surface area contributed by atoms with E-state index < -0.39 is 5.97 Å². The van der Waals surface area contributed by atoms with E-state index in [9.17, 15) is 9.59 Å². The molecule has 0 spiro atoms. The third-order valence-electron chi connectivity index (χ3n) is 2.94. The Labute approximate surface area is 134 Å². The third kappa shape index (κ3) is 4.54. The first-order valence-corrected chi connectivity index (χ1v) is 7.14. The quantitative estimate of drug-likeness (QED) is 0.885. The van der Waals surface area contributed by atoms with Crippen LogP contribution in [0.15, 0.2) is 36.5 Å². The van der Waals surface area contributed by atoms with Crippen LogP contribution in [0.25, 0.3) is 0 Å². The van der Waals surface area contributed by atoms with Crippen LogP contribution in [0.2, 0.25) is 0 Å². The molecule has 0 saturated heterocycles. The molecule has 0 saturated carbocycles. The first-order valence-electron chi connectivity index (χ1n) is 7.14. The van der Waals surface area contributed by atoms with Gasteiger partial charge in [-0.2, -0.15) is 0 Å². The second kappa shape index (κ2) is 6.91. The van der Waals surface area contributed by atoms with E-state index in [-0.39, 0.29) is 23.4 Å². The fourth-order valence-electron chi connectivity index (χ4n) is 2.00. The first kappa shape index (κ1) is 16.5. The Kier molecular flexibility index (Phi) is 4.95. The lowest BCUT2D eigenvalue weighted by Crippen LogP contribution is -2.14. The van der Waals surface area contributed by atoms with Crippen LogP contribution in [-0.4, -0.2) is 28.1 Å². The molecule has 0 unspecified atom stereocenters. The molecule has 2 N–H and O–H groups in total. The van der Waals surface area contributed by atoms with Crippen LogP contribution in [0.5, 0.6) is 5.75 Å². The number of aryl methyl sites for hydroxylation is 1. The molecule has 1 aromatic carbocycles. The van der Waals surface area contributed by atoms with Crippen molar-refractivity contribution in [2.75, 3.05) is 5.32 Å². The summed E-state index contributed by atoms with van der Waals surface area (Å²) in [6, 6.07) is 8.09. The minimum atomic E-state index is -1.07. The van der Waals surface area contributed by atoms with Crippen molar-refractivity contribution in [3.05, 3.63) is 53.2 Å². The zero-order valence-corrected chi connectivity index (χ0v) is 13.2. The van der Waals surface area contributed by atoms with Crippen LogP contribution in [0.1, 0.15) is 40.1 Å². The Hall–Kier alpha value is -2.89. The molecule has 0 radical (unpaired) electrons. The zero-order chi connectivity index (χ0) is 17.0. The summed E-state index contributed by atoms with van der Waals surface area (Å²) in [6.07, 6.45) is 1.21. The van der Waals surface area contributed by atoms with Crippen LogP contribution < -0.4 is 10.1 Å². The van der Waals surface area contributed by atoms with Gasteiger partial charge in [0.1, 0.15) is 11.6 Å². The van der Waals surface area contributed by atoms with Crippen molar-refractivity contribution in [1.29, 1.82) is 0 Å². The molecule has 0 aliphatic rings. The number of carboxylic acid groups (broad SMARTS) is 1. The average Bonchev–Trinajstić information content (AvgIpc) is 2.46. The Balaban J connectivity index is 2.16. The molecule has 2 aromatic rings. The van der Waals surface area contributed by atoms with Gasteiger partial charge in [-0.15, -0.1) is 0 Å². The summed E-state index contributed by atoms with van der Waals surface area (Å²) in [5, 5.41) is 11.5. The van der Waals surface area contributed by atoms with Crippen molar-refractivity contribution in [3.63, 3.8) is 0 Å². The highest BCUT2D eigenvalue weighted by atomic mass is 16.5. The monoisotopic (exact) mass is 314 g/mol. The summed E-state index contributed by atoms with van der Waals surface area (Å²) in [4.78, 5) is 27.0. The van der Waals surface area contributed by atoms with Gasteiger partial charge < -0.3 is 15.2 Å². The summed E-state index contributed by atoms with van der Waals surface area (Å²) in [7, 11) is 0. The molecule has 0 aliphatic carbocycles. The standard InChI is InChI=1S/C17H18N2O4/c1-10(2)23-14-7-11(3)6-13(8-14)16(20)19-15-5-4-12(9-18-15)17(21)22/h4-10H,1-3H3,(H,21,22)(H,18,19,20). The number of anilines is 1. The fraction of sp³-hybridized carbons (Fsp3) is 0.235. The maximum atomic E-state index is 12.3. The number of carbonyl (C=O) groups is 2. The lowest BCUT2D eigenvalue weighted by Gasteiger charge is -2.12. The van der Waals surface area contributed by atoms with Crippen LogP contribution in [0.4, 0.5) is 5.82 Å². The topological polar surface area (TPSA) is 88.5 Å². The summed E-state index contributed by atoms with van der Waals surface area (Å²) in [5.41, 5.74) is 1.42. The number of nitrogens with one attached hydrogen (secondary N) is 1. The molecular weight excluding hydrogens is 296 g/mol. The Morgan fingerprint density at radius 3 is 2.48 bits per heavy atom. The van der Waals surface area contributed by atoms with Crippen molar-refractivity contribution in [2.45, 2.75) is 26.9 Å². The van der Waals surface area contributed by atoms with Crippen molar-refractivity contribution in [1.82, 2.24) is 4.98 Å². The smallest absolute Gasteiger partial charge is 0.337 e. The van der Waals surface area contributed by atoms with Crippen molar-refractivity contribution >= 4 is 17.7 Å². The Bertz CT molecular complexity index is 724. The second-order valence-electron chi connectivity index (χ2n) is 5.39. The van der Waals surface area contributed by atoms with Crippen molar-refractivity contribution in [2.24, 2.45) is 0 Å². The number of carbonyl (C=O) groups excluding carboxylic acids is 1. The van der Waals surface area contributed by atoms with E-state index in [1.54, 1.807) is 12.1 Å². The largest absolute Gasteiger partial charge is 0.491 e. The molecule has 120 valence electrons. The summed E-state index contributed by atoms with van der Waals surface area (Å²) >= 11 is 0. The molecule has 6 nitrogen and oxygen atoms in total. The average molecular weight is 314 g/mol. The van der Waals surface area contributed by atoms with Gasteiger partial charge in [0.25, 0.3) is 5.91 Å². The summed E-state index contributed by atoms with van der Waals surface area (Å²) < 4.78 is 5.62. The van der Waals surface area contributed by atoms with Gasteiger partial charge in [0, 0.05) is 11.8 Å². The molecule has 1 aromatic heterocycles. The van der Waals surface area contributed by atoms with E-state index in [1.807, 2.05) is 26.8 Å². The van der Waals surface area contributed by atoms with Crippen LogP contribution in [0, 0.1) is 6.92 Å². The van der Waals surface area contributed by atoms with Gasteiger partial charge in [-0.05, 0) is 56.7 Å². The molecule has 0 bridgehead atoms. The highest BCUT2D eigenvalue weighted by molar-refractivity contribution is 6.04. The maximum Gasteiger partial charge on any atom is 0.337 e. The van der Waals surface area contributed by atoms with Gasteiger partial charge in [-0.1, -0.05) is 0 Å². The Morgan fingerprint density at radius 2 is 1.91 bits per heavy atom. The maximum absolute atomic E-state index is 12.3. The van der Waals surface area contributed by atoms with E-state index in [0.29, 0.717) is 11.3 Å². The number of rotatable bonds is 5. The molecule has 1 amide bonds. The minimum absolute atomic E-state index is 0.0120. The molecule has 23 heavy (non-hydrogen) atoms. The normalized spacial score (nSPS) is 10.4. The van der Waals surface area contributed by atoms with E-state index in [0.717, 1.165) is 5.56 Å². The van der Waals surface area contributed by atoms with Crippen LogP contribution in [0.3, 0.4) is 0 Å². The van der Waals surface area contributed by atoms with E-state index >= 15 is 0 Å². The SMILES string of the molecule is Cc1cc(OC(C)C)cc(C(=O)Nc2ccc(C(=O)O)cn2)c1. The molecule has 1 heterocycles. The fourth-order valence-corrected chi connectivity index (χ4v) is 2.00. The molecule has 0 fully saturated rings. The number of hydrogen-bond acceptors (Lipinski definition) is 4. The second-order valence-corrected chi connectivity index (χ2v) is 5.39. The molecule has 6 heteroatoms. The number of nitrogens with zero attached hydrogens (tertiary/aromatic N) is 1. The summed E-state index contributed by atoms with van der Waals surface area (Å²) in [5.74, 6) is -0.491. The number of amides is 1. The van der Waals surface area contributed by atoms with Crippen molar-refractivity contribution in [3.8, 4) is 5.75 Å². The van der Waals surface area contributed by atoms with E-state index in [2.05, 4.69) is 10.3 Å². The van der Waals surface area contributed by atoms with Crippen LogP contribution in [-0.2, 0) is 0 Å². The predicted octanol–water partition coefficient (Wildman–Crippen LogP) is 3.13. The molecule has 0 aliphatic heterocycles. The van der Waals surface area contributed by atoms with Gasteiger partial charge in [-0.25, -0.2) is 9.78 Å². The number of hydrogen-bond donors (Lipinski definition) is 2. The highest BCUT2D eigenvalue weighted by Gasteiger charge is 2.11. The lowest BCUT2D eigenvalue weighted by molar-refractivity contribution is 0.0696. The number of pyridine rings is 1. The van der Waals surface area contributed by atoms with E-state index in [1.165, 1.54) is 18.3 Å². The lowest BCUT2D eigenvalue weighted by atomic mass is 10.1. The highest BCUT2D eigenvalue weighted by Crippen LogP contribution is 2.19. The van der Waals surface area contributed by atoms with Gasteiger partial charge in [-0.3, -0.25) is 4.79 Å². The number of benzene rings is 1. The van der Waals surface area contributed by atoms with Gasteiger partial charge in [0.15, 0.2) is 0 Å².